The van der Waals surface area contributed by atoms with Gasteiger partial charge in [0.15, 0.2) is 0 Å². The summed E-state index contributed by atoms with van der Waals surface area (Å²) in [6.07, 6.45) is -0.476. The van der Waals surface area contributed by atoms with E-state index in [2.05, 4.69) is 0 Å². The van der Waals surface area contributed by atoms with Crippen LogP contribution in [0.5, 0.6) is 0 Å². The number of ether oxygens (including phenoxy) is 1. The molecule has 1 aliphatic heterocycles. The van der Waals surface area contributed by atoms with E-state index in [4.69, 9.17) is 10.5 Å². The van der Waals surface area contributed by atoms with Crippen molar-refractivity contribution < 1.29 is 18.3 Å². The summed E-state index contributed by atoms with van der Waals surface area (Å²) in [5.74, 6) is -1.36. The number of amides is 1. The van der Waals surface area contributed by atoms with E-state index in [0.717, 1.165) is 6.07 Å². The minimum atomic E-state index is -0.931. The van der Waals surface area contributed by atoms with Gasteiger partial charge in [0.25, 0.3) is 0 Å². The van der Waals surface area contributed by atoms with E-state index < -0.39 is 28.9 Å². The number of halogens is 2. The second kappa shape index (κ2) is 4.70. The van der Waals surface area contributed by atoms with Crippen LogP contribution in [0.3, 0.4) is 0 Å². The number of rotatable bonds is 1. The number of carbonyl (C=O) groups excluding carboxylic acids is 1. The van der Waals surface area contributed by atoms with E-state index in [1.165, 1.54) is 17.0 Å². The van der Waals surface area contributed by atoms with Crippen molar-refractivity contribution in [2.24, 2.45) is 5.73 Å². The van der Waals surface area contributed by atoms with E-state index in [1.807, 2.05) is 0 Å². The highest BCUT2D eigenvalue weighted by Gasteiger charge is 2.45. The number of carbonyl (C=O) groups is 1. The molecule has 0 spiro atoms. The summed E-state index contributed by atoms with van der Waals surface area (Å²) >= 11 is 0. The average molecular weight is 284 g/mol. The number of nitrogens with two attached hydrogens (primary N) is 1. The van der Waals surface area contributed by atoms with Gasteiger partial charge in [-0.05, 0) is 38.5 Å². The lowest BCUT2D eigenvalue weighted by Gasteiger charge is -2.47. The molecule has 20 heavy (non-hydrogen) atoms. The van der Waals surface area contributed by atoms with E-state index >= 15 is 0 Å². The quantitative estimate of drug-likeness (QED) is 0.861. The zero-order chi connectivity index (χ0) is 15.1. The second-order valence-corrected chi connectivity index (χ2v) is 6.15. The second-order valence-electron chi connectivity index (χ2n) is 6.15. The van der Waals surface area contributed by atoms with Gasteiger partial charge in [0.05, 0.1) is 5.54 Å². The third kappa shape index (κ3) is 3.07. The summed E-state index contributed by atoms with van der Waals surface area (Å²) in [4.78, 5) is 13.2. The van der Waals surface area contributed by atoms with Crippen molar-refractivity contribution in [3.63, 3.8) is 0 Å². The lowest BCUT2D eigenvalue weighted by molar-refractivity contribution is -0.00896. The van der Waals surface area contributed by atoms with Gasteiger partial charge >= 0.3 is 6.09 Å². The van der Waals surface area contributed by atoms with E-state index in [9.17, 15) is 13.6 Å². The lowest BCUT2D eigenvalue weighted by atomic mass is 9.83. The molecule has 0 atom stereocenters. The van der Waals surface area contributed by atoms with Gasteiger partial charge in [0.1, 0.15) is 17.2 Å². The number of likely N-dealkylation sites (tertiary alicyclic amines) is 1. The van der Waals surface area contributed by atoms with Crippen LogP contribution in [0.1, 0.15) is 26.3 Å². The SMILES string of the molecule is CC(C)(C)OC(=O)N1CC(N)(c2cc(F)cc(F)c2)C1. The Balaban J connectivity index is 2.05. The molecule has 1 aromatic carbocycles. The van der Waals surface area contributed by atoms with Gasteiger partial charge < -0.3 is 15.4 Å². The monoisotopic (exact) mass is 284 g/mol. The van der Waals surface area contributed by atoms with E-state index in [0.29, 0.717) is 5.56 Å². The first-order valence-electron chi connectivity index (χ1n) is 6.32. The number of hydrogen-bond acceptors (Lipinski definition) is 3. The van der Waals surface area contributed by atoms with Crippen molar-refractivity contribution >= 4 is 6.09 Å². The molecular formula is C14H18F2N2O2. The Hall–Kier alpha value is -1.69. The Kier molecular flexibility index (Phi) is 3.46. The third-order valence-corrected chi connectivity index (χ3v) is 3.04. The fraction of sp³-hybridized carbons (Fsp3) is 0.500. The maximum atomic E-state index is 13.2. The summed E-state index contributed by atoms with van der Waals surface area (Å²) in [6.45, 7) is 5.64. The molecule has 1 heterocycles. The Morgan fingerprint density at radius 1 is 1.25 bits per heavy atom. The molecule has 1 saturated heterocycles. The van der Waals surface area contributed by atoms with Crippen molar-refractivity contribution in [3.8, 4) is 0 Å². The largest absolute Gasteiger partial charge is 0.444 e. The predicted molar refractivity (Wildman–Crippen MR) is 70.0 cm³/mol. The molecule has 0 aliphatic carbocycles. The summed E-state index contributed by atoms with van der Waals surface area (Å²) in [5, 5.41) is 0. The van der Waals surface area contributed by atoms with Crippen LogP contribution in [0.2, 0.25) is 0 Å². The maximum absolute atomic E-state index is 13.2. The average Bonchev–Trinajstić information content (AvgIpc) is 2.20. The number of nitrogens with zero attached hydrogens (tertiary/aromatic N) is 1. The normalized spacial score (nSPS) is 17.6. The molecule has 6 heteroatoms. The fourth-order valence-electron chi connectivity index (χ4n) is 2.11. The third-order valence-electron chi connectivity index (χ3n) is 3.04. The molecule has 4 nitrogen and oxygen atoms in total. The molecule has 0 bridgehead atoms. The minimum Gasteiger partial charge on any atom is -0.444 e. The van der Waals surface area contributed by atoms with Crippen molar-refractivity contribution in [1.82, 2.24) is 4.90 Å². The van der Waals surface area contributed by atoms with Gasteiger partial charge in [-0.3, -0.25) is 0 Å². The van der Waals surface area contributed by atoms with Gasteiger partial charge in [-0.25, -0.2) is 13.6 Å². The summed E-state index contributed by atoms with van der Waals surface area (Å²) in [7, 11) is 0. The molecule has 1 fully saturated rings. The highest BCUT2D eigenvalue weighted by atomic mass is 19.1. The molecule has 110 valence electrons. The van der Waals surface area contributed by atoms with Gasteiger partial charge in [-0.15, -0.1) is 0 Å². The highest BCUT2D eigenvalue weighted by molar-refractivity contribution is 5.70. The van der Waals surface area contributed by atoms with E-state index in [1.54, 1.807) is 20.8 Å². The summed E-state index contributed by atoms with van der Waals surface area (Å²) < 4.78 is 31.6. The van der Waals surface area contributed by atoms with Gasteiger partial charge in [-0.1, -0.05) is 0 Å². The molecule has 0 saturated carbocycles. The lowest BCUT2D eigenvalue weighted by Crippen LogP contribution is -2.66. The predicted octanol–water partition coefficient (Wildman–Crippen LogP) is 2.37. The zero-order valence-electron chi connectivity index (χ0n) is 11.7. The number of hydrogen-bond donors (Lipinski definition) is 1. The molecule has 0 radical (unpaired) electrons. The Morgan fingerprint density at radius 2 is 1.75 bits per heavy atom. The first kappa shape index (κ1) is 14.7. The topological polar surface area (TPSA) is 55.6 Å². The number of benzene rings is 1. The molecule has 2 rings (SSSR count). The van der Waals surface area contributed by atoms with Crippen LogP contribution in [0, 0.1) is 11.6 Å². The summed E-state index contributed by atoms with van der Waals surface area (Å²) in [5.41, 5.74) is 4.89. The Morgan fingerprint density at radius 3 is 2.20 bits per heavy atom. The van der Waals surface area contributed by atoms with Crippen LogP contribution in [-0.4, -0.2) is 29.7 Å². The minimum absolute atomic E-state index is 0.171. The standard InChI is InChI=1S/C14H18F2N2O2/c1-13(2,3)20-12(19)18-7-14(17,8-18)9-4-10(15)6-11(16)5-9/h4-6H,7-8,17H2,1-3H3. The van der Waals surface area contributed by atoms with Crippen molar-refractivity contribution in [1.29, 1.82) is 0 Å². The first-order valence-corrected chi connectivity index (χ1v) is 6.32. The fourth-order valence-corrected chi connectivity index (χ4v) is 2.11. The van der Waals surface area contributed by atoms with Crippen LogP contribution in [0.25, 0.3) is 0 Å². The van der Waals surface area contributed by atoms with Crippen LogP contribution in [0.15, 0.2) is 18.2 Å². The molecule has 2 N–H and O–H groups in total. The van der Waals surface area contributed by atoms with Gasteiger partial charge in [-0.2, -0.15) is 0 Å². The Labute approximate surface area is 116 Å². The molecule has 1 aromatic rings. The van der Waals surface area contributed by atoms with Crippen LogP contribution >= 0.6 is 0 Å². The van der Waals surface area contributed by atoms with Gasteiger partial charge in [0, 0.05) is 19.2 Å². The van der Waals surface area contributed by atoms with Crippen molar-refractivity contribution in [2.45, 2.75) is 31.9 Å². The van der Waals surface area contributed by atoms with Crippen LogP contribution in [0.4, 0.5) is 13.6 Å². The highest BCUT2D eigenvalue weighted by Crippen LogP contribution is 2.31. The van der Waals surface area contributed by atoms with Crippen LogP contribution < -0.4 is 5.73 Å². The van der Waals surface area contributed by atoms with Crippen molar-refractivity contribution in [3.05, 3.63) is 35.4 Å². The molecule has 0 aromatic heterocycles. The van der Waals surface area contributed by atoms with E-state index in [-0.39, 0.29) is 13.1 Å². The smallest absolute Gasteiger partial charge is 0.410 e. The molecule has 1 aliphatic rings. The molecule has 1 amide bonds. The summed E-state index contributed by atoms with van der Waals surface area (Å²) in [6, 6.07) is 3.17. The maximum Gasteiger partial charge on any atom is 0.410 e. The zero-order valence-corrected chi connectivity index (χ0v) is 11.7. The van der Waals surface area contributed by atoms with Gasteiger partial charge in [0.2, 0.25) is 0 Å². The molecular weight excluding hydrogens is 266 g/mol. The Bertz CT molecular complexity index is 514. The first-order chi connectivity index (χ1) is 9.09. The molecule has 0 unspecified atom stereocenters. The van der Waals surface area contributed by atoms with Crippen molar-refractivity contribution in [2.75, 3.05) is 13.1 Å². The van der Waals surface area contributed by atoms with Crippen LogP contribution in [-0.2, 0) is 10.3 Å².